The van der Waals surface area contributed by atoms with Gasteiger partial charge in [-0.15, -0.1) is 0 Å². The Morgan fingerprint density at radius 1 is 1.27 bits per heavy atom. The van der Waals surface area contributed by atoms with Crippen LogP contribution in [0.2, 0.25) is 0 Å². The zero-order valence-electron chi connectivity index (χ0n) is 16.0. The summed E-state index contributed by atoms with van der Waals surface area (Å²) < 4.78 is 8.92. The molecule has 0 aliphatic carbocycles. The molecule has 2 heterocycles. The van der Waals surface area contributed by atoms with Crippen LogP contribution in [-0.4, -0.2) is 28.1 Å². The lowest BCUT2D eigenvalue weighted by molar-refractivity contribution is 0.187. The number of anilines is 2. The molecule has 26 heavy (non-hydrogen) atoms. The second-order valence-electron chi connectivity index (χ2n) is 6.88. The number of rotatable bonds is 6. The van der Waals surface area contributed by atoms with E-state index in [1.807, 2.05) is 13.0 Å². The zero-order valence-corrected chi connectivity index (χ0v) is 16.0. The highest BCUT2D eigenvalue weighted by Gasteiger charge is 2.13. The number of fused-ring (bicyclic) bond motifs is 1. The standard InChI is InChI=1S/C20H26N4O2/c1-13(2)19-11-15-10-16(6-7-18(15)24(19)8-9-26-5)22-17-12-21-23(4)20(25)14(17)3/h6-7,10-13,22H,8-9H2,1-5H3. The average molecular weight is 354 g/mol. The van der Waals surface area contributed by atoms with Crippen LogP contribution in [0.25, 0.3) is 10.9 Å². The third-order valence-corrected chi connectivity index (χ3v) is 4.70. The summed E-state index contributed by atoms with van der Waals surface area (Å²) in [7, 11) is 3.38. The quantitative estimate of drug-likeness (QED) is 0.735. The van der Waals surface area contributed by atoms with Crippen LogP contribution in [0, 0.1) is 6.92 Å². The van der Waals surface area contributed by atoms with Crippen molar-refractivity contribution in [3.05, 3.63) is 52.1 Å². The lowest BCUT2D eigenvalue weighted by atomic mass is 10.1. The maximum Gasteiger partial charge on any atom is 0.271 e. The van der Waals surface area contributed by atoms with Gasteiger partial charge < -0.3 is 14.6 Å². The van der Waals surface area contributed by atoms with Crippen LogP contribution in [-0.2, 0) is 18.3 Å². The highest BCUT2D eigenvalue weighted by molar-refractivity contribution is 5.86. The zero-order chi connectivity index (χ0) is 18.8. The molecule has 0 amide bonds. The molecule has 0 bridgehead atoms. The third kappa shape index (κ3) is 3.37. The number of benzene rings is 1. The summed E-state index contributed by atoms with van der Waals surface area (Å²) in [5, 5.41) is 8.59. The van der Waals surface area contributed by atoms with Crippen LogP contribution in [0.1, 0.15) is 31.0 Å². The topological polar surface area (TPSA) is 61.1 Å². The Bertz CT molecular complexity index is 985. The molecule has 0 aliphatic heterocycles. The first-order valence-corrected chi connectivity index (χ1v) is 8.84. The van der Waals surface area contributed by atoms with Crippen LogP contribution in [0.5, 0.6) is 0 Å². The molecule has 0 atom stereocenters. The van der Waals surface area contributed by atoms with Crippen molar-refractivity contribution in [2.24, 2.45) is 7.05 Å². The Hall–Kier alpha value is -2.60. The van der Waals surface area contributed by atoms with E-state index < -0.39 is 0 Å². The number of ether oxygens (including phenoxy) is 1. The first-order chi connectivity index (χ1) is 12.4. The number of aromatic nitrogens is 3. The van der Waals surface area contributed by atoms with Crippen molar-refractivity contribution in [3.8, 4) is 0 Å². The number of nitrogens with one attached hydrogen (secondary N) is 1. The molecule has 2 aromatic heterocycles. The van der Waals surface area contributed by atoms with E-state index in [0.717, 1.165) is 17.9 Å². The summed E-state index contributed by atoms with van der Waals surface area (Å²) >= 11 is 0. The molecule has 0 aliphatic rings. The molecular formula is C20H26N4O2. The molecule has 0 radical (unpaired) electrons. The lowest BCUT2D eigenvalue weighted by Gasteiger charge is -2.13. The van der Waals surface area contributed by atoms with E-state index in [0.29, 0.717) is 18.1 Å². The number of aryl methyl sites for hydroxylation is 1. The van der Waals surface area contributed by atoms with Crippen molar-refractivity contribution in [1.82, 2.24) is 14.3 Å². The second kappa shape index (κ2) is 7.33. The van der Waals surface area contributed by atoms with Crippen LogP contribution in [0.15, 0.2) is 35.3 Å². The molecule has 1 N–H and O–H groups in total. The van der Waals surface area contributed by atoms with E-state index >= 15 is 0 Å². The Kier molecular flexibility index (Phi) is 5.13. The van der Waals surface area contributed by atoms with E-state index in [-0.39, 0.29) is 5.56 Å². The van der Waals surface area contributed by atoms with Gasteiger partial charge in [0.2, 0.25) is 0 Å². The maximum absolute atomic E-state index is 12.1. The summed E-state index contributed by atoms with van der Waals surface area (Å²) in [6.07, 6.45) is 1.68. The van der Waals surface area contributed by atoms with Gasteiger partial charge in [-0.3, -0.25) is 4.79 Å². The lowest BCUT2D eigenvalue weighted by Crippen LogP contribution is -2.22. The predicted octanol–water partition coefficient (Wildman–Crippen LogP) is 3.56. The minimum atomic E-state index is -0.0936. The normalized spacial score (nSPS) is 11.5. The molecule has 3 rings (SSSR count). The summed E-state index contributed by atoms with van der Waals surface area (Å²) in [5.74, 6) is 0.430. The van der Waals surface area contributed by atoms with E-state index in [4.69, 9.17) is 4.74 Å². The first-order valence-electron chi connectivity index (χ1n) is 8.84. The first kappa shape index (κ1) is 18.2. The third-order valence-electron chi connectivity index (χ3n) is 4.70. The summed E-state index contributed by atoms with van der Waals surface area (Å²) in [6, 6.07) is 8.49. The molecule has 6 nitrogen and oxygen atoms in total. The second-order valence-corrected chi connectivity index (χ2v) is 6.88. The number of nitrogens with zero attached hydrogens (tertiary/aromatic N) is 3. The van der Waals surface area contributed by atoms with Crippen LogP contribution < -0.4 is 10.9 Å². The molecular weight excluding hydrogens is 328 g/mol. The van der Waals surface area contributed by atoms with Gasteiger partial charge in [0.05, 0.1) is 18.5 Å². The van der Waals surface area contributed by atoms with Crippen LogP contribution in [0.4, 0.5) is 11.4 Å². The molecule has 0 unspecified atom stereocenters. The minimum Gasteiger partial charge on any atom is -0.383 e. The van der Waals surface area contributed by atoms with E-state index in [1.54, 1.807) is 20.4 Å². The van der Waals surface area contributed by atoms with Gasteiger partial charge in [0.15, 0.2) is 0 Å². The fraction of sp³-hybridized carbons (Fsp3) is 0.400. The van der Waals surface area contributed by atoms with Gasteiger partial charge >= 0.3 is 0 Å². The number of hydrogen-bond acceptors (Lipinski definition) is 4. The van der Waals surface area contributed by atoms with Crippen molar-refractivity contribution in [3.63, 3.8) is 0 Å². The molecule has 0 spiro atoms. The van der Waals surface area contributed by atoms with Crippen LogP contribution >= 0.6 is 0 Å². The average Bonchev–Trinajstić information content (AvgIpc) is 2.98. The molecule has 0 fully saturated rings. The number of hydrogen-bond donors (Lipinski definition) is 1. The largest absolute Gasteiger partial charge is 0.383 e. The van der Waals surface area contributed by atoms with E-state index in [2.05, 4.69) is 47.0 Å². The van der Waals surface area contributed by atoms with Gasteiger partial charge in [0.1, 0.15) is 0 Å². The molecule has 3 aromatic rings. The van der Waals surface area contributed by atoms with Crippen molar-refractivity contribution >= 4 is 22.3 Å². The SMILES string of the molecule is COCCn1c(C(C)C)cc2cc(Nc3cnn(C)c(=O)c3C)ccc21. The maximum atomic E-state index is 12.1. The van der Waals surface area contributed by atoms with Gasteiger partial charge in [-0.2, -0.15) is 5.10 Å². The Morgan fingerprint density at radius 2 is 2.04 bits per heavy atom. The van der Waals surface area contributed by atoms with Crippen molar-refractivity contribution in [2.45, 2.75) is 33.2 Å². The van der Waals surface area contributed by atoms with Gasteiger partial charge in [-0.05, 0) is 37.1 Å². The predicted molar refractivity (Wildman–Crippen MR) is 105 cm³/mol. The van der Waals surface area contributed by atoms with E-state index in [9.17, 15) is 4.79 Å². The number of methoxy groups -OCH3 is 1. The van der Waals surface area contributed by atoms with E-state index in [1.165, 1.54) is 21.3 Å². The van der Waals surface area contributed by atoms with Crippen molar-refractivity contribution < 1.29 is 4.74 Å². The molecule has 1 aromatic carbocycles. The van der Waals surface area contributed by atoms with Gasteiger partial charge in [-0.1, -0.05) is 13.8 Å². The Labute approximate surface area is 153 Å². The monoisotopic (exact) mass is 354 g/mol. The molecule has 6 heteroatoms. The summed E-state index contributed by atoms with van der Waals surface area (Å²) in [4.78, 5) is 12.1. The van der Waals surface area contributed by atoms with Gasteiger partial charge in [0, 0.05) is 48.5 Å². The van der Waals surface area contributed by atoms with Gasteiger partial charge in [-0.25, -0.2) is 4.68 Å². The smallest absolute Gasteiger partial charge is 0.271 e. The van der Waals surface area contributed by atoms with Crippen LogP contribution in [0.3, 0.4) is 0 Å². The molecule has 0 saturated heterocycles. The Morgan fingerprint density at radius 3 is 2.73 bits per heavy atom. The van der Waals surface area contributed by atoms with Crippen molar-refractivity contribution in [2.75, 3.05) is 19.0 Å². The minimum absolute atomic E-state index is 0.0936. The summed E-state index contributed by atoms with van der Waals surface area (Å²) in [5.41, 5.74) is 4.72. The highest BCUT2D eigenvalue weighted by Crippen LogP contribution is 2.29. The van der Waals surface area contributed by atoms with Gasteiger partial charge in [0.25, 0.3) is 5.56 Å². The fourth-order valence-corrected chi connectivity index (χ4v) is 3.21. The summed E-state index contributed by atoms with van der Waals surface area (Å²) in [6.45, 7) is 7.72. The Balaban J connectivity index is 1.99. The highest BCUT2D eigenvalue weighted by atomic mass is 16.5. The van der Waals surface area contributed by atoms with Crippen molar-refractivity contribution in [1.29, 1.82) is 0 Å². The molecule has 138 valence electrons. The fourth-order valence-electron chi connectivity index (χ4n) is 3.21. The molecule has 0 saturated carbocycles.